The lowest BCUT2D eigenvalue weighted by Crippen LogP contribution is -2.29. The molecule has 0 saturated carbocycles. The van der Waals surface area contributed by atoms with Gasteiger partial charge in [0.25, 0.3) is 0 Å². The number of carbonyl (C=O) groups excluding carboxylic acids is 2. The van der Waals surface area contributed by atoms with E-state index in [-0.39, 0.29) is 44.0 Å². The molecule has 0 radical (unpaired) electrons. The first-order chi connectivity index (χ1) is 17.2. The Labute approximate surface area is 219 Å². The summed E-state index contributed by atoms with van der Waals surface area (Å²) in [5.41, 5.74) is -2.53. The van der Waals surface area contributed by atoms with Crippen molar-refractivity contribution in [2.45, 2.75) is 109 Å². The highest BCUT2D eigenvalue weighted by atomic mass is 32.2. The molecule has 0 rings (SSSR count). The summed E-state index contributed by atoms with van der Waals surface area (Å²) < 4.78 is 4.21. The van der Waals surface area contributed by atoms with Gasteiger partial charge in [-0.2, -0.15) is 10.4 Å². The lowest BCUT2D eigenvalue weighted by molar-refractivity contribution is -0.432. The monoisotopic (exact) mass is 526 g/mol. The van der Waals surface area contributed by atoms with Crippen molar-refractivity contribution < 1.29 is 24.2 Å². The first-order valence-electron chi connectivity index (χ1n) is 12.6. The second-order valence-corrected chi connectivity index (χ2v) is 9.83. The van der Waals surface area contributed by atoms with Gasteiger partial charge in [-0.05, 0) is 19.8 Å². The van der Waals surface area contributed by atoms with Crippen molar-refractivity contribution in [3.63, 3.8) is 0 Å². The largest absolute Gasteiger partial charge is 0.356 e. The standard InChI is InChI=1S/C24H42N6O5S/c1-5-6-7-8-9-10-11-12-17-27-21(31)13-15-23(2,20-25)29-30-24(3,26-4)16-14-22(32)28-18-19-36-35-34-33/h33H,5-19H2,1-3H3,(H,27,31)(H,28,32). The van der Waals surface area contributed by atoms with Crippen LogP contribution >= 0.6 is 12.0 Å². The zero-order valence-electron chi connectivity index (χ0n) is 21.9. The average molecular weight is 527 g/mol. The van der Waals surface area contributed by atoms with Gasteiger partial charge in [0.1, 0.15) is 0 Å². The van der Waals surface area contributed by atoms with Gasteiger partial charge in [-0.1, -0.05) is 56.9 Å². The molecule has 204 valence electrons. The minimum atomic E-state index is -1.29. The van der Waals surface area contributed by atoms with Crippen molar-refractivity contribution in [3.8, 4) is 6.07 Å². The van der Waals surface area contributed by atoms with E-state index >= 15 is 0 Å². The van der Waals surface area contributed by atoms with E-state index < -0.39 is 11.2 Å². The van der Waals surface area contributed by atoms with E-state index in [2.05, 4.69) is 48.1 Å². The predicted molar refractivity (Wildman–Crippen MR) is 138 cm³/mol. The summed E-state index contributed by atoms with van der Waals surface area (Å²) in [7, 11) is 0. The van der Waals surface area contributed by atoms with Gasteiger partial charge in [0.15, 0.2) is 5.54 Å². The van der Waals surface area contributed by atoms with Gasteiger partial charge in [0, 0.05) is 50.7 Å². The van der Waals surface area contributed by atoms with Crippen molar-refractivity contribution in [2.24, 2.45) is 10.2 Å². The molecule has 2 atom stereocenters. The summed E-state index contributed by atoms with van der Waals surface area (Å²) in [4.78, 5) is 27.6. The predicted octanol–water partition coefficient (Wildman–Crippen LogP) is 5.36. The number of azo groups is 1. The number of nitrogens with zero attached hydrogens (tertiary/aromatic N) is 4. The van der Waals surface area contributed by atoms with E-state index in [1.165, 1.54) is 38.5 Å². The second-order valence-electron chi connectivity index (χ2n) is 9.05. The van der Waals surface area contributed by atoms with E-state index in [0.717, 1.165) is 24.9 Å². The van der Waals surface area contributed by atoms with Gasteiger partial charge in [-0.3, -0.25) is 14.4 Å². The van der Waals surface area contributed by atoms with Crippen LogP contribution in [0.25, 0.3) is 4.85 Å². The normalized spacial score (nSPS) is 14.4. The zero-order chi connectivity index (χ0) is 27.1. The highest BCUT2D eigenvalue weighted by molar-refractivity contribution is 7.94. The van der Waals surface area contributed by atoms with Crippen molar-refractivity contribution >= 4 is 23.9 Å². The molecule has 0 heterocycles. The van der Waals surface area contributed by atoms with Crippen molar-refractivity contribution in [2.75, 3.05) is 18.8 Å². The van der Waals surface area contributed by atoms with Crippen molar-refractivity contribution in [1.82, 2.24) is 10.6 Å². The van der Waals surface area contributed by atoms with Gasteiger partial charge >= 0.3 is 5.66 Å². The Hall–Kier alpha value is -2.25. The third-order valence-corrected chi connectivity index (χ3v) is 6.10. The fraction of sp³-hybridized carbons (Fsp3) is 0.833. The number of hydrogen-bond donors (Lipinski definition) is 3. The first-order valence-corrected chi connectivity index (χ1v) is 13.5. The molecular formula is C24H42N6O5S. The van der Waals surface area contributed by atoms with E-state index in [1.807, 2.05) is 0 Å². The van der Waals surface area contributed by atoms with Crippen LogP contribution in [-0.4, -0.2) is 47.1 Å². The maximum Gasteiger partial charge on any atom is 0.338 e. The van der Waals surface area contributed by atoms with Crippen LogP contribution in [-0.2, 0) is 19.0 Å². The summed E-state index contributed by atoms with van der Waals surface area (Å²) in [6, 6.07) is 2.08. The minimum absolute atomic E-state index is 0.0460. The molecule has 0 saturated heterocycles. The molecule has 0 aliphatic carbocycles. The Morgan fingerprint density at radius 1 is 1.00 bits per heavy atom. The van der Waals surface area contributed by atoms with Crippen LogP contribution in [0.5, 0.6) is 0 Å². The molecule has 0 aliphatic rings. The summed E-state index contributed by atoms with van der Waals surface area (Å²) in [6.45, 7) is 13.7. The van der Waals surface area contributed by atoms with Crippen LogP contribution in [0.15, 0.2) is 10.2 Å². The van der Waals surface area contributed by atoms with Crippen LogP contribution in [0.3, 0.4) is 0 Å². The average Bonchev–Trinajstić information content (AvgIpc) is 2.88. The lowest BCUT2D eigenvalue weighted by atomic mass is 9.98. The van der Waals surface area contributed by atoms with Gasteiger partial charge in [-0.15, -0.1) is 9.45 Å². The number of rotatable bonds is 22. The third-order valence-electron chi connectivity index (χ3n) is 5.57. The smallest absolute Gasteiger partial charge is 0.338 e. The van der Waals surface area contributed by atoms with Gasteiger partial charge < -0.3 is 10.6 Å². The van der Waals surface area contributed by atoms with Crippen LogP contribution in [0.4, 0.5) is 0 Å². The number of carbonyl (C=O) groups is 2. The second kappa shape index (κ2) is 20.9. The Balaban J connectivity index is 4.37. The lowest BCUT2D eigenvalue weighted by Gasteiger charge is -2.17. The molecule has 0 aliphatic heterocycles. The molecule has 0 fully saturated rings. The summed E-state index contributed by atoms with van der Waals surface area (Å²) in [5.74, 6) is -0.0468. The summed E-state index contributed by atoms with van der Waals surface area (Å²) in [6.07, 6.45) is 10.1. The van der Waals surface area contributed by atoms with Gasteiger partial charge in [0.05, 0.1) is 12.5 Å². The first kappa shape index (κ1) is 33.8. The van der Waals surface area contributed by atoms with E-state index in [0.29, 0.717) is 12.3 Å². The number of unbranched alkanes of at least 4 members (excludes halogenated alkanes) is 7. The molecule has 2 unspecified atom stereocenters. The quantitative estimate of drug-likeness (QED) is 0.0429. The van der Waals surface area contributed by atoms with E-state index in [1.54, 1.807) is 13.8 Å². The molecule has 0 bridgehead atoms. The van der Waals surface area contributed by atoms with Crippen LogP contribution in [0.1, 0.15) is 97.8 Å². The third kappa shape index (κ3) is 18.1. The fourth-order valence-electron chi connectivity index (χ4n) is 3.13. The van der Waals surface area contributed by atoms with Gasteiger partial charge in [-0.25, -0.2) is 11.8 Å². The number of amides is 2. The van der Waals surface area contributed by atoms with Crippen molar-refractivity contribution in [3.05, 3.63) is 11.4 Å². The SMILES string of the molecule is [C-]#[N+]C(C)(CCC(=O)NCCSOOO)N=NC(C)(C#N)CCC(=O)NCCCCCCCCCC. The molecule has 0 spiro atoms. The van der Waals surface area contributed by atoms with Gasteiger partial charge in [0.2, 0.25) is 11.8 Å². The summed E-state index contributed by atoms with van der Waals surface area (Å²) in [5, 5.41) is 34.8. The highest BCUT2D eigenvalue weighted by Gasteiger charge is 2.33. The topological polar surface area (TPSA) is 150 Å². The molecule has 11 nitrogen and oxygen atoms in total. The van der Waals surface area contributed by atoms with Crippen LogP contribution in [0.2, 0.25) is 0 Å². The Morgan fingerprint density at radius 2 is 1.58 bits per heavy atom. The van der Waals surface area contributed by atoms with E-state index in [4.69, 9.17) is 11.8 Å². The van der Waals surface area contributed by atoms with Crippen LogP contribution in [0, 0.1) is 17.9 Å². The molecule has 0 aromatic rings. The van der Waals surface area contributed by atoms with Crippen LogP contribution < -0.4 is 10.6 Å². The number of nitriles is 1. The fourth-order valence-corrected chi connectivity index (χ4v) is 3.43. The Kier molecular flexibility index (Phi) is 19.6. The van der Waals surface area contributed by atoms with Crippen molar-refractivity contribution in [1.29, 1.82) is 5.26 Å². The van der Waals surface area contributed by atoms with E-state index in [9.17, 15) is 14.9 Å². The summed E-state index contributed by atoms with van der Waals surface area (Å²) >= 11 is 0.825. The highest BCUT2D eigenvalue weighted by Crippen LogP contribution is 2.25. The molecule has 0 aromatic heterocycles. The molecule has 12 heteroatoms. The Morgan fingerprint density at radius 3 is 2.17 bits per heavy atom. The minimum Gasteiger partial charge on any atom is -0.356 e. The number of hydrogen-bond acceptors (Lipinski definition) is 9. The molecule has 3 N–H and O–H groups in total. The molecular weight excluding hydrogens is 484 g/mol. The Bertz CT molecular complexity index is 741. The molecule has 36 heavy (non-hydrogen) atoms. The molecule has 0 aromatic carbocycles. The maximum atomic E-state index is 12.2. The molecule has 2 amide bonds. The maximum absolute atomic E-state index is 12.2. The number of nitrogens with one attached hydrogen (secondary N) is 2. The zero-order valence-corrected chi connectivity index (χ0v) is 22.7.